The number of nitrogens with zero attached hydrogens (tertiary/aromatic N) is 2. The quantitative estimate of drug-likeness (QED) is 0.844. The van der Waals surface area contributed by atoms with Gasteiger partial charge in [0.05, 0.1) is 23.9 Å². The van der Waals surface area contributed by atoms with Gasteiger partial charge in [0.1, 0.15) is 10.6 Å². The number of ether oxygens (including phenoxy) is 1. The van der Waals surface area contributed by atoms with Crippen LogP contribution >= 0.6 is 11.3 Å². The number of carbonyl (C=O) groups is 2. The molecule has 0 saturated carbocycles. The van der Waals surface area contributed by atoms with Crippen LogP contribution in [0.1, 0.15) is 32.4 Å². The molecule has 1 aliphatic rings. The number of hydrogen-bond donors (Lipinski definition) is 1. The molecule has 1 aliphatic heterocycles. The van der Waals surface area contributed by atoms with Crippen LogP contribution in [0.3, 0.4) is 0 Å². The molecular formula is C19H23N3O3S. The Hall–Kier alpha value is -2.41. The molecule has 26 heavy (non-hydrogen) atoms. The molecular weight excluding hydrogens is 350 g/mol. The maximum Gasteiger partial charge on any atom is 0.263 e. The molecule has 1 fully saturated rings. The van der Waals surface area contributed by atoms with Gasteiger partial charge < -0.3 is 15.0 Å². The van der Waals surface area contributed by atoms with E-state index in [4.69, 9.17) is 4.74 Å². The minimum atomic E-state index is -0.146. The molecule has 2 amide bonds. The van der Waals surface area contributed by atoms with E-state index in [9.17, 15) is 9.59 Å². The van der Waals surface area contributed by atoms with E-state index in [1.807, 2.05) is 43.0 Å². The molecule has 138 valence electrons. The summed E-state index contributed by atoms with van der Waals surface area (Å²) in [5.74, 6) is 0.770. The van der Waals surface area contributed by atoms with E-state index in [1.165, 1.54) is 11.3 Å². The lowest BCUT2D eigenvalue weighted by Gasteiger charge is -2.17. The maximum atomic E-state index is 12.4. The van der Waals surface area contributed by atoms with Gasteiger partial charge >= 0.3 is 0 Å². The average Bonchev–Trinajstić information content (AvgIpc) is 3.14. The lowest BCUT2D eigenvalue weighted by atomic mass is 10.1. The van der Waals surface area contributed by atoms with Gasteiger partial charge in [-0.05, 0) is 38.0 Å². The summed E-state index contributed by atoms with van der Waals surface area (Å²) in [6, 6.07) is 7.71. The first-order chi connectivity index (χ1) is 12.5. The van der Waals surface area contributed by atoms with Crippen LogP contribution in [0.15, 0.2) is 24.3 Å². The first kappa shape index (κ1) is 18.4. The van der Waals surface area contributed by atoms with Crippen molar-refractivity contribution in [2.75, 3.05) is 20.2 Å². The number of amides is 2. The van der Waals surface area contributed by atoms with Crippen LogP contribution < -0.4 is 10.1 Å². The topological polar surface area (TPSA) is 71.5 Å². The molecule has 2 heterocycles. The Kier molecular flexibility index (Phi) is 5.56. The summed E-state index contributed by atoms with van der Waals surface area (Å²) in [5.41, 5.74) is 1.90. The third-order valence-corrected chi connectivity index (χ3v) is 5.56. The second-order valence-corrected chi connectivity index (χ2v) is 7.66. The van der Waals surface area contributed by atoms with Crippen LogP contribution in [-0.2, 0) is 11.2 Å². The van der Waals surface area contributed by atoms with Crippen molar-refractivity contribution in [2.24, 2.45) is 0 Å². The van der Waals surface area contributed by atoms with E-state index in [0.29, 0.717) is 24.4 Å². The Bertz CT molecular complexity index is 801. The normalized spacial score (nSPS) is 16.8. The molecule has 2 aromatic rings. The number of aromatic nitrogens is 1. The highest BCUT2D eigenvalue weighted by Crippen LogP contribution is 2.19. The van der Waals surface area contributed by atoms with Crippen LogP contribution in [-0.4, -0.2) is 47.9 Å². The summed E-state index contributed by atoms with van der Waals surface area (Å²) in [4.78, 5) is 31.4. The zero-order valence-corrected chi connectivity index (χ0v) is 16.1. The highest BCUT2D eigenvalue weighted by Gasteiger charge is 2.31. The first-order valence-corrected chi connectivity index (χ1v) is 9.43. The Morgan fingerprint density at radius 3 is 2.69 bits per heavy atom. The highest BCUT2D eigenvalue weighted by atomic mass is 32.1. The Balaban J connectivity index is 1.53. The van der Waals surface area contributed by atoms with E-state index < -0.39 is 0 Å². The van der Waals surface area contributed by atoms with E-state index >= 15 is 0 Å². The number of hydrogen-bond acceptors (Lipinski definition) is 5. The molecule has 1 N–H and O–H groups in total. The van der Waals surface area contributed by atoms with Gasteiger partial charge in [0, 0.05) is 19.5 Å². The van der Waals surface area contributed by atoms with E-state index in [1.54, 1.807) is 7.11 Å². The number of carbonyl (C=O) groups excluding carboxylic acids is 2. The molecule has 0 bridgehead atoms. The van der Waals surface area contributed by atoms with Crippen molar-refractivity contribution in [1.29, 1.82) is 0 Å². The van der Waals surface area contributed by atoms with Crippen LogP contribution in [0.2, 0.25) is 0 Å². The molecule has 1 atom stereocenters. The zero-order valence-electron chi connectivity index (χ0n) is 15.2. The maximum absolute atomic E-state index is 12.4. The molecule has 6 nitrogen and oxygen atoms in total. The van der Waals surface area contributed by atoms with Crippen molar-refractivity contribution in [3.05, 3.63) is 45.4 Å². The number of benzene rings is 1. The summed E-state index contributed by atoms with van der Waals surface area (Å²) in [5, 5.41) is 3.85. The second-order valence-electron chi connectivity index (χ2n) is 6.46. The summed E-state index contributed by atoms with van der Waals surface area (Å²) < 4.78 is 5.15. The van der Waals surface area contributed by atoms with Crippen LogP contribution in [0.25, 0.3) is 0 Å². The van der Waals surface area contributed by atoms with Crippen molar-refractivity contribution >= 4 is 23.2 Å². The molecule has 0 aliphatic carbocycles. The van der Waals surface area contributed by atoms with Crippen molar-refractivity contribution in [3.63, 3.8) is 0 Å². The minimum Gasteiger partial charge on any atom is -0.497 e. The van der Waals surface area contributed by atoms with Crippen LogP contribution in [0, 0.1) is 13.8 Å². The van der Waals surface area contributed by atoms with Crippen LogP contribution in [0.5, 0.6) is 5.75 Å². The highest BCUT2D eigenvalue weighted by molar-refractivity contribution is 7.13. The standard InChI is InChI=1S/C19H23N3O3S/c1-12-18(26-13(2)20-12)19(24)21-15-10-17(23)22(11-15)9-8-14-4-6-16(25-3)7-5-14/h4-7,15H,8-11H2,1-3H3,(H,21,24). The fraction of sp³-hybridized carbons (Fsp3) is 0.421. The summed E-state index contributed by atoms with van der Waals surface area (Å²) >= 11 is 1.39. The molecule has 1 unspecified atom stereocenters. The number of methoxy groups -OCH3 is 1. The first-order valence-electron chi connectivity index (χ1n) is 8.62. The molecule has 7 heteroatoms. The number of rotatable bonds is 6. The molecule has 1 aromatic heterocycles. The third-order valence-electron chi connectivity index (χ3n) is 4.49. The second kappa shape index (κ2) is 7.86. The number of thiazole rings is 1. The Morgan fingerprint density at radius 1 is 1.35 bits per heavy atom. The fourth-order valence-electron chi connectivity index (χ4n) is 3.13. The van der Waals surface area contributed by atoms with E-state index in [-0.39, 0.29) is 17.9 Å². The zero-order chi connectivity index (χ0) is 18.7. The number of likely N-dealkylation sites (tertiary alicyclic amines) is 1. The molecule has 0 radical (unpaired) electrons. The van der Waals surface area contributed by atoms with E-state index in [2.05, 4.69) is 10.3 Å². The van der Waals surface area contributed by atoms with Crippen LogP contribution in [0.4, 0.5) is 0 Å². The lowest BCUT2D eigenvalue weighted by molar-refractivity contribution is -0.127. The van der Waals surface area contributed by atoms with Crippen molar-refractivity contribution in [3.8, 4) is 5.75 Å². The monoisotopic (exact) mass is 373 g/mol. The predicted molar refractivity (Wildman–Crippen MR) is 101 cm³/mol. The lowest BCUT2D eigenvalue weighted by Crippen LogP contribution is -2.37. The Labute approximate surface area is 157 Å². The van der Waals surface area contributed by atoms with E-state index in [0.717, 1.165) is 28.4 Å². The average molecular weight is 373 g/mol. The smallest absolute Gasteiger partial charge is 0.263 e. The molecule has 1 aromatic carbocycles. The fourth-order valence-corrected chi connectivity index (χ4v) is 3.96. The van der Waals surface area contributed by atoms with Gasteiger partial charge in [0.25, 0.3) is 5.91 Å². The predicted octanol–water partition coefficient (Wildman–Crippen LogP) is 2.34. The molecule has 3 rings (SSSR count). The van der Waals surface area contributed by atoms with Gasteiger partial charge in [-0.25, -0.2) is 4.98 Å². The van der Waals surface area contributed by atoms with Crippen molar-refractivity contribution < 1.29 is 14.3 Å². The van der Waals surface area contributed by atoms with Gasteiger partial charge in [-0.15, -0.1) is 11.3 Å². The van der Waals surface area contributed by atoms with Gasteiger partial charge in [-0.3, -0.25) is 9.59 Å². The summed E-state index contributed by atoms with van der Waals surface area (Å²) in [6.45, 7) is 4.92. The number of aryl methyl sites for hydroxylation is 2. The third kappa shape index (κ3) is 4.22. The number of nitrogens with one attached hydrogen (secondary N) is 1. The summed E-state index contributed by atoms with van der Waals surface area (Å²) in [7, 11) is 1.64. The van der Waals surface area contributed by atoms with Gasteiger partial charge in [-0.2, -0.15) is 0 Å². The summed E-state index contributed by atoms with van der Waals surface area (Å²) in [6.07, 6.45) is 1.13. The Morgan fingerprint density at radius 2 is 2.08 bits per heavy atom. The molecule has 1 saturated heterocycles. The van der Waals surface area contributed by atoms with Crippen molar-refractivity contribution in [2.45, 2.75) is 32.7 Å². The van der Waals surface area contributed by atoms with Crippen molar-refractivity contribution in [1.82, 2.24) is 15.2 Å². The SMILES string of the molecule is COc1ccc(CCN2CC(NC(=O)c3sc(C)nc3C)CC2=O)cc1. The molecule has 0 spiro atoms. The minimum absolute atomic E-state index is 0.0843. The largest absolute Gasteiger partial charge is 0.497 e. The van der Waals surface area contributed by atoms with Gasteiger partial charge in [0.15, 0.2) is 0 Å². The van der Waals surface area contributed by atoms with Gasteiger partial charge in [0.2, 0.25) is 5.91 Å². The van der Waals surface area contributed by atoms with Gasteiger partial charge in [-0.1, -0.05) is 12.1 Å².